The SMILES string of the molecule is CC(C)Oc1cc(CC(=O)CCC(F)(F)F)cc(-c2cnc3cc(/C(=N/OCCO[Si](C)(C)C(C)(C)C)C4CC4)ccn23)c1. The molecule has 11 heteroatoms. The third-order valence-corrected chi connectivity index (χ3v) is 12.6. The molecule has 2 heterocycles. The van der Waals surface area contributed by atoms with Gasteiger partial charge in [-0.25, -0.2) is 4.98 Å². The van der Waals surface area contributed by atoms with Crippen LogP contribution in [-0.4, -0.2) is 54.7 Å². The van der Waals surface area contributed by atoms with E-state index < -0.39 is 33.1 Å². The van der Waals surface area contributed by atoms with Crippen molar-refractivity contribution in [3.05, 3.63) is 53.9 Å². The van der Waals surface area contributed by atoms with Crippen LogP contribution in [-0.2, 0) is 20.5 Å². The van der Waals surface area contributed by atoms with E-state index >= 15 is 0 Å². The Morgan fingerprint density at radius 3 is 2.48 bits per heavy atom. The van der Waals surface area contributed by atoms with E-state index in [9.17, 15) is 18.0 Å². The zero-order chi connectivity index (χ0) is 32.3. The second-order valence-electron chi connectivity index (χ2n) is 13.3. The Morgan fingerprint density at radius 2 is 1.84 bits per heavy atom. The molecule has 2 aromatic heterocycles. The van der Waals surface area contributed by atoms with Gasteiger partial charge >= 0.3 is 6.18 Å². The highest BCUT2D eigenvalue weighted by molar-refractivity contribution is 6.74. The zero-order valence-electron chi connectivity index (χ0n) is 26.8. The van der Waals surface area contributed by atoms with Crippen LogP contribution in [0.25, 0.3) is 16.9 Å². The number of carbonyl (C=O) groups excluding carboxylic acids is 1. The van der Waals surface area contributed by atoms with Crippen molar-refractivity contribution in [2.45, 2.75) is 97.1 Å². The number of ketones is 1. The van der Waals surface area contributed by atoms with Crippen LogP contribution in [0.4, 0.5) is 13.2 Å². The van der Waals surface area contributed by atoms with Crippen molar-refractivity contribution in [2.75, 3.05) is 13.2 Å². The highest BCUT2D eigenvalue weighted by Gasteiger charge is 2.37. The van der Waals surface area contributed by atoms with E-state index in [1.807, 2.05) is 48.7 Å². The Hall–Kier alpha value is -3.18. The summed E-state index contributed by atoms with van der Waals surface area (Å²) in [4.78, 5) is 22.7. The summed E-state index contributed by atoms with van der Waals surface area (Å²) in [5, 5.41) is 4.65. The van der Waals surface area contributed by atoms with Gasteiger partial charge in [0.05, 0.1) is 36.7 Å². The second-order valence-corrected chi connectivity index (χ2v) is 18.2. The molecule has 7 nitrogen and oxygen atoms in total. The van der Waals surface area contributed by atoms with E-state index in [-0.39, 0.29) is 17.6 Å². The Balaban J connectivity index is 1.53. The maximum atomic E-state index is 12.7. The quantitative estimate of drug-likeness (QED) is 0.0773. The van der Waals surface area contributed by atoms with Gasteiger partial charge in [-0.2, -0.15) is 13.2 Å². The molecule has 1 aliphatic rings. The number of oxime groups is 1. The standard InChI is InChI=1S/C33H44F3N3O4Si/c1-22(2)43-28-18-23(17-27(40)10-12-33(34,35)36)16-26(19-28)29-21-37-30-20-25(11-13-39(29)30)31(24-8-9-24)38-41-14-15-42-44(6,7)32(3,4)5/h11,13,16,18-22,24H,8-10,12,14-15,17H2,1-7H3/b38-31+. The Morgan fingerprint density at radius 1 is 1.11 bits per heavy atom. The lowest BCUT2D eigenvalue weighted by atomic mass is 10.0. The summed E-state index contributed by atoms with van der Waals surface area (Å²) in [6.07, 6.45) is -0.495. The summed E-state index contributed by atoms with van der Waals surface area (Å²) in [5.41, 5.74) is 4.67. The molecule has 1 aliphatic carbocycles. The second kappa shape index (κ2) is 13.4. The number of imidazole rings is 1. The van der Waals surface area contributed by atoms with Crippen LogP contribution >= 0.6 is 0 Å². The molecule has 1 aromatic carbocycles. The molecule has 0 spiro atoms. The number of alkyl halides is 3. The van der Waals surface area contributed by atoms with Gasteiger partial charge in [0.15, 0.2) is 8.32 Å². The molecule has 240 valence electrons. The average Bonchev–Trinajstić information content (AvgIpc) is 3.65. The average molecular weight is 632 g/mol. The number of hydrogen-bond donors (Lipinski definition) is 0. The van der Waals surface area contributed by atoms with Crippen LogP contribution in [0.3, 0.4) is 0 Å². The van der Waals surface area contributed by atoms with Crippen molar-refractivity contribution in [2.24, 2.45) is 11.1 Å². The van der Waals surface area contributed by atoms with Crippen LogP contribution in [0.2, 0.25) is 18.1 Å². The van der Waals surface area contributed by atoms with E-state index in [2.05, 4.69) is 44.0 Å². The fraction of sp³-hybridized carbons (Fsp3) is 0.545. The Labute approximate surface area is 258 Å². The fourth-order valence-corrected chi connectivity index (χ4v) is 5.61. The van der Waals surface area contributed by atoms with Crippen LogP contribution in [0.15, 0.2) is 47.9 Å². The first-order valence-corrected chi connectivity index (χ1v) is 18.1. The zero-order valence-corrected chi connectivity index (χ0v) is 27.8. The number of fused-ring (bicyclic) bond motifs is 1. The largest absolute Gasteiger partial charge is 0.491 e. The molecule has 0 aliphatic heterocycles. The number of aromatic nitrogens is 2. The topological polar surface area (TPSA) is 74.4 Å². The highest BCUT2D eigenvalue weighted by Crippen LogP contribution is 2.37. The molecule has 0 radical (unpaired) electrons. The van der Waals surface area contributed by atoms with Crippen molar-refractivity contribution >= 4 is 25.5 Å². The third kappa shape index (κ3) is 9.17. The van der Waals surface area contributed by atoms with E-state index in [4.69, 9.17) is 14.0 Å². The van der Waals surface area contributed by atoms with Gasteiger partial charge in [-0.15, -0.1) is 0 Å². The first-order valence-electron chi connectivity index (χ1n) is 15.2. The molecule has 1 saturated carbocycles. The van der Waals surface area contributed by atoms with E-state index in [0.717, 1.165) is 35.4 Å². The molecular formula is C33H44F3N3O4Si. The van der Waals surface area contributed by atoms with Crippen LogP contribution in [0.1, 0.15) is 71.4 Å². The van der Waals surface area contributed by atoms with Gasteiger partial charge in [0.2, 0.25) is 0 Å². The Bertz CT molecular complexity index is 1490. The lowest BCUT2D eigenvalue weighted by Crippen LogP contribution is -2.41. The van der Waals surface area contributed by atoms with Gasteiger partial charge < -0.3 is 14.0 Å². The molecule has 4 rings (SSSR count). The third-order valence-electron chi connectivity index (χ3n) is 8.10. The lowest BCUT2D eigenvalue weighted by Gasteiger charge is -2.35. The smallest absolute Gasteiger partial charge is 0.389 e. The number of rotatable bonds is 14. The van der Waals surface area contributed by atoms with Crippen molar-refractivity contribution in [3.63, 3.8) is 0 Å². The van der Waals surface area contributed by atoms with Gasteiger partial charge in [-0.1, -0.05) is 25.9 Å². The van der Waals surface area contributed by atoms with E-state index in [1.54, 1.807) is 12.3 Å². The maximum Gasteiger partial charge on any atom is 0.389 e. The number of nitrogens with zero attached hydrogens (tertiary/aromatic N) is 3. The number of hydrogen-bond acceptors (Lipinski definition) is 6. The molecule has 0 N–H and O–H groups in total. The summed E-state index contributed by atoms with van der Waals surface area (Å²) in [5.74, 6) is 0.412. The maximum absolute atomic E-state index is 12.7. The van der Waals surface area contributed by atoms with Crippen LogP contribution in [0, 0.1) is 5.92 Å². The molecule has 3 aromatic rings. The Kier molecular flexibility index (Phi) is 10.3. The molecule has 44 heavy (non-hydrogen) atoms. The number of carbonyl (C=O) groups is 1. The van der Waals surface area contributed by atoms with Crippen molar-refractivity contribution in [1.29, 1.82) is 0 Å². The number of pyridine rings is 1. The van der Waals surface area contributed by atoms with Gasteiger partial charge in [-0.05, 0) is 80.7 Å². The number of Topliss-reactive ketones (excluding diaryl/α,β-unsaturated/α-hetero) is 1. The van der Waals surface area contributed by atoms with Crippen molar-refractivity contribution < 1.29 is 32.0 Å². The lowest BCUT2D eigenvalue weighted by molar-refractivity contribution is -0.143. The summed E-state index contributed by atoms with van der Waals surface area (Å²) in [6.45, 7) is 15.7. The number of benzene rings is 1. The molecule has 0 saturated heterocycles. The minimum absolute atomic E-state index is 0.110. The van der Waals surface area contributed by atoms with Crippen LogP contribution in [0.5, 0.6) is 5.75 Å². The van der Waals surface area contributed by atoms with E-state index in [0.29, 0.717) is 36.1 Å². The predicted octanol–water partition coefficient (Wildman–Crippen LogP) is 8.40. The van der Waals surface area contributed by atoms with Crippen molar-refractivity contribution in [3.8, 4) is 17.0 Å². The van der Waals surface area contributed by atoms with Gasteiger partial charge in [0, 0.05) is 36.1 Å². The minimum atomic E-state index is -4.37. The monoisotopic (exact) mass is 631 g/mol. The normalized spacial score (nSPS) is 14.8. The molecule has 0 bridgehead atoms. The van der Waals surface area contributed by atoms with Crippen molar-refractivity contribution in [1.82, 2.24) is 9.38 Å². The first kappa shape index (κ1) is 33.7. The van der Waals surface area contributed by atoms with Gasteiger partial charge in [-0.3, -0.25) is 9.20 Å². The summed E-state index contributed by atoms with van der Waals surface area (Å²) < 4.78 is 52.0. The number of halogens is 3. The van der Waals surface area contributed by atoms with Crippen LogP contribution < -0.4 is 4.74 Å². The fourth-order valence-electron chi connectivity index (χ4n) is 4.59. The molecular weight excluding hydrogens is 587 g/mol. The van der Waals surface area contributed by atoms with Gasteiger partial charge in [0.1, 0.15) is 23.8 Å². The van der Waals surface area contributed by atoms with E-state index in [1.165, 1.54) is 0 Å². The van der Waals surface area contributed by atoms with Gasteiger partial charge in [0.25, 0.3) is 0 Å². The summed E-state index contributed by atoms with van der Waals surface area (Å²) in [7, 11) is -1.85. The molecule has 0 amide bonds. The predicted molar refractivity (Wildman–Crippen MR) is 169 cm³/mol. The highest BCUT2D eigenvalue weighted by atomic mass is 28.4. The minimum Gasteiger partial charge on any atom is -0.491 e. The first-order chi connectivity index (χ1) is 20.5. The summed E-state index contributed by atoms with van der Waals surface area (Å²) in [6, 6.07) is 9.35. The molecule has 0 atom stereocenters. The molecule has 1 fully saturated rings. The molecule has 0 unspecified atom stereocenters. The number of ether oxygens (including phenoxy) is 1. The summed E-state index contributed by atoms with van der Waals surface area (Å²) >= 11 is 0.